The van der Waals surface area contributed by atoms with Crippen molar-refractivity contribution in [2.75, 3.05) is 0 Å². The standard InChI is InChI=1S/C10H7Br2ClS2/c1-5-6(4-8(12)15-5)9(13)10-7(11)2-3-14-10/h2-4,9H,1H3. The zero-order valence-corrected chi connectivity index (χ0v) is 13.3. The van der Waals surface area contributed by atoms with E-state index in [4.69, 9.17) is 11.6 Å². The summed E-state index contributed by atoms with van der Waals surface area (Å²) >= 11 is 16.9. The molecular weight excluding hydrogens is 380 g/mol. The summed E-state index contributed by atoms with van der Waals surface area (Å²) in [6, 6.07) is 4.13. The summed E-state index contributed by atoms with van der Waals surface area (Å²) in [4.78, 5) is 2.44. The molecule has 0 aromatic carbocycles. The van der Waals surface area contributed by atoms with Crippen LogP contribution in [-0.4, -0.2) is 0 Å². The number of rotatable bonds is 2. The van der Waals surface area contributed by atoms with Gasteiger partial charge < -0.3 is 0 Å². The Kier molecular flexibility index (Phi) is 3.94. The van der Waals surface area contributed by atoms with Gasteiger partial charge in [-0.1, -0.05) is 0 Å². The lowest BCUT2D eigenvalue weighted by Crippen LogP contribution is -1.90. The van der Waals surface area contributed by atoms with Crippen LogP contribution in [0.25, 0.3) is 0 Å². The van der Waals surface area contributed by atoms with E-state index in [2.05, 4.69) is 44.8 Å². The Morgan fingerprint density at radius 2 is 2.13 bits per heavy atom. The molecule has 80 valence electrons. The van der Waals surface area contributed by atoms with E-state index in [0.717, 1.165) is 8.26 Å². The van der Waals surface area contributed by atoms with E-state index in [1.807, 2.05) is 11.4 Å². The maximum absolute atomic E-state index is 6.46. The fraction of sp³-hybridized carbons (Fsp3) is 0.200. The van der Waals surface area contributed by atoms with E-state index in [1.165, 1.54) is 15.3 Å². The molecule has 0 saturated heterocycles. The van der Waals surface area contributed by atoms with Crippen LogP contribution in [0, 0.1) is 6.92 Å². The number of hydrogen-bond donors (Lipinski definition) is 0. The lowest BCUT2D eigenvalue weighted by Gasteiger charge is -2.07. The number of alkyl halides is 1. The smallest absolute Gasteiger partial charge is 0.0950 e. The molecule has 0 bridgehead atoms. The van der Waals surface area contributed by atoms with E-state index < -0.39 is 0 Å². The monoisotopic (exact) mass is 384 g/mol. The van der Waals surface area contributed by atoms with Gasteiger partial charge >= 0.3 is 0 Å². The quantitative estimate of drug-likeness (QED) is 0.558. The average Bonchev–Trinajstić information content (AvgIpc) is 2.71. The summed E-state index contributed by atoms with van der Waals surface area (Å²) in [6.45, 7) is 2.10. The maximum atomic E-state index is 6.46. The van der Waals surface area contributed by atoms with E-state index in [1.54, 1.807) is 22.7 Å². The Hall–Kier alpha value is 0.650. The summed E-state index contributed by atoms with van der Waals surface area (Å²) in [5, 5.41) is 1.99. The van der Waals surface area contributed by atoms with Gasteiger partial charge in [-0.3, -0.25) is 0 Å². The highest BCUT2D eigenvalue weighted by atomic mass is 79.9. The molecule has 0 aliphatic carbocycles. The van der Waals surface area contributed by atoms with Gasteiger partial charge in [0.05, 0.1) is 9.16 Å². The first-order valence-electron chi connectivity index (χ1n) is 4.22. The zero-order chi connectivity index (χ0) is 11.0. The molecule has 2 heterocycles. The van der Waals surface area contributed by atoms with Crippen molar-refractivity contribution in [1.29, 1.82) is 0 Å². The summed E-state index contributed by atoms with van der Waals surface area (Å²) in [5.74, 6) is 0. The van der Waals surface area contributed by atoms with Gasteiger partial charge in [0.2, 0.25) is 0 Å². The van der Waals surface area contributed by atoms with Gasteiger partial charge in [-0.25, -0.2) is 0 Å². The van der Waals surface area contributed by atoms with Gasteiger partial charge in [0.25, 0.3) is 0 Å². The van der Waals surface area contributed by atoms with Crippen molar-refractivity contribution in [2.45, 2.75) is 12.3 Å². The van der Waals surface area contributed by atoms with Crippen molar-refractivity contribution in [3.05, 3.63) is 41.1 Å². The molecule has 1 atom stereocenters. The predicted octanol–water partition coefficient (Wildman–Crippen LogP) is 5.97. The Balaban J connectivity index is 2.40. The van der Waals surface area contributed by atoms with Gasteiger partial charge in [0, 0.05) is 14.2 Å². The highest BCUT2D eigenvalue weighted by Crippen LogP contribution is 2.41. The lowest BCUT2D eigenvalue weighted by atomic mass is 10.1. The molecule has 0 amide bonds. The molecule has 0 aliphatic heterocycles. The summed E-state index contributed by atoms with van der Waals surface area (Å²) in [7, 11) is 0. The predicted molar refractivity (Wildman–Crippen MR) is 76.5 cm³/mol. The summed E-state index contributed by atoms with van der Waals surface area (Å²) < 4.78 is 2.22. The van der Waals surface area contributed by atoms with Gasteiger partial charge in [0.1, 0.15) is 0 Å². The minimum atomic E-state index is -0.0538. The van der Waals surface area contributed by atoms with Crippen LogP contribution in [0.1, 0.15) is 20.7 Å². The molecule has 2 aromatic rings. The molecule has 15 heavy (non-hydrogen) atoms. The third-order valence-electron chi connectivity index (χ3n) is 2.07. The molecule has 0 radical (unpaired) electrons. The zero-order valence-electron chi connectivity index (χ0n) is 7.76. The van der Waals surface area contributed by atoms with Crippen LogP contribution >= 0.6 is 66.1 Å². The third kappa shape index (κ3) is 2.50. The number of aryl methyl sites for hydroxylation is 1. The van der Waals surface area contributed by atoms with Crippen LogP contribution in [-0.2, 0) is 0 Å². The van der Waals surface area contributed by atoms with Gasteiger partial charge in [-0.15, -0.1) is 34.3 Å². The molecule has 0 fully saturated rings. The van der Waals surface area contributed by atoms with Gasteiger partial charge in [-0.05, 0) is 61.9 Å². The molecule has 0 spiro atoms. The minimum absolute atomic E-state index is 0.0538. The largest absolute Gasteiger partial charge is 0.146 e. The molecule has 0 aliphatic rings. The highest BCUT2D eigenvalue weighted by Gasteiger charge is 2.19. The molecule has 0 saturated carbocycles. The fourth-order valence-corrected chi connectivity index (χ4v) is 5.37. The first kappa shape index (κ1) is 12.1. The highest BCUT2D eigenvalue weighted by molar-refractivity contribution is 9.11. The Labute approximate surface area is 119 Å². The second-order valence-corrected chi connectivity index (χ2v) is 7.93. The van der Waals surface area contributed by atoms with Crippen molar-refractivity contribution in [2.24, 2.45) is 0 Å². The van der Waals surface area contributed by atoms with Crippen molar-refractivity contribution in [3.63, 3.8) is 0 Å². The van der Waals surface area contributed by atoms with E-state index in [9.17, 15) is 0 Å². The number of halogens is 3. The molecule has 0 nitrogen and oxygen atoms in total. The van der Waals surface area contributed by atoms with Crippen molar-refractivity contribution in [1.82, 2.24) is 0 Å². The Morgan fingerprint density at radius 1 is 1.40 bits per heavy atom. The first-order chi connectivity index (χ1) is 7.09. The second-order valence-electron chi connectivity index (χ2n) is 3.06. The third-order valence-corrected chi connectivity index (χ3v) is 6.16. The van der Waals surface area contributed by atoms with Gasteiger partial charge in [-0.2, -0.15) is 0 Å². The molecule has 5 heteroatoms. The SMILES string of the molecule is Cc1sc(Br)cc1C(Cl)c1sccc1Br. The number of thiophene rings is 2. The van der Waals surface area contributed by atoms with Crippen LogP contribution in [0.15, 0.2) is 25.8 Å². The first-order valence-corrected chi connectivity index (χ1v) is 7.94. The van der Waals surface area contributed by atoms with Gasteiger partial charge in [0.15, 0.2) is 0 Å². The van der Waals surface area contributed by atoms with Crippen LogP contribution in [0.4, 0.5) is 0 Å². The normalized spacial score (nSPS) is 13.1. The van der Waals surface area contributed by atoms with Crippen LogP contribution in [0.5, 0.6) is 0 Å². The molecule has 0 N–H and O–H groups in total. The van der Waals surface area contributed by atoms with Crippen LogP contribution < -0.4 is 0 Å². The lowest BCUT2D eigenvalue weighted by molar-refractivity contribution is 1.17. The molecular formula is C10H7Br2ClS2. The summed E-state index contributed by atoms with van der Waals surface area (Å²) in [5.41, 5.74) is 1.19. The van der Waals surface area contributed by atoms with Crippen molar-refractivity contribution < 1.29 is 0 Å². The van der Waals surface area contributed by atoms with Crippen LogP contribution in [0.3, 0.4) is 0 Å². The van der Waals surface area contributed by atoms with E-state index in [-0.39, 0.29) is 5.38 Å². The topological polar surface area (TPSA) is 0 Å². The average molecular weight is 387 g/mol. The molecule has 2 rings (SSSR count). The minimum Gasteiger partial charge on any atom is -0.146 e. The number of hydrogen-bond acceptors (Lipinski definition) is 2. The molecule has 1 unspecified atom stereocenters. The Bertz CT molecular complexity index is 475. The second kappa shape index (κ2) is 4.88. The maximum Gasteiger partial charge on any atom is 0.0950 e. The molecule has 2 aromatic heterocycles. The van der Waals surface area contributed by atoms with Crippen LogP contribution in [0.2, 0.25) is 0 Å². The Morgan fingerprint density at radius 3 is 2.60 bits per heavy atom. The van der Waals surface area contributed by atoms with E-state index in [0.29, 0.717) is 0 Å². The van der Waals surface area contributed by atoms with Crippen molar-refractivity contribution in [3.8, 4) is 0 Å². The summed E-state index contributed by atoms with van der Waals surface area (Å²) in [6.07, 6.45) is 0. The fourth-order valence-electron chi connectivity index (χ4n) is 1.34. The van der Waals surface area contributed by atoms with E-state index >= 15 is 0 Å². The van der Waals surface area contributed by atoms with Crippen molar-refractivity contribution >= 4 is 66.1 Å².